The first-order valence-corrected chi connectivity index (χ1v) is 14.4. The Hall–Kier alpha value is -4.46. The van der Waals surface area contributed by atoms with E-state index in [4.69, 9.17) is 30.4 Å². The predicted molar refractivity (Wildman–Crippen MR) is 157 cm³/mol. The first-order valence-electron chi connectivity index (χ1n) is 14.4. The van der Waals surface area contributed by atoms with E-state index in [0.29, 0.717) is 35.8 Å². The highest BCUT2D eigenvalue weighted by Crippen LogP contribution is 2.25. The number of fused-ring (bicyclic) bond motifs is 1. The summed E-state index contributed by atoms with van der Waals surface area (Å²) in [6, 6.07) is 15.4. The molecule has 222 valence electrons. The van der Waals surface area contributed by atoms with Gasteiger partial charge in [-0.1, -0.05) is 12.0 Å². The van der Waals surface area contributed by atoms with Gasteiger partial charge in [-0.2, -0.15) is 0 Å². The van der Waals surface area contributed by atoms with Crippen LogP contribution in [0.15, 0.2) is 54.6 Å². The van der Waals surface area contributed by atoms with Gasteiger partial charge in [0.15, 0.2) is 11.6 Å². The predicted octanol–water partition coefficient (Wildman–Crippen LogP) is 4.75. The fourth-order valence-electron chi connectivity index (χ4n) is 5.39. The van der Waals surface area contributed by atoms with Crippen LogP contribution in [0, 0.1) is 18.2 Å². The Bertz CT molecular complexity index is 1650. The monoisotopic (exact) mass is 584 g/mol. The molecule has 0 saturated carbocycles. The molecule has 4 aromatic rings. The lowest BCUT2D eigenvalue weighted by molar-refractivity contribution is -0.0592. The third-order valence-corrected chi connectivity index (χ3v) is 7.87. The van der Waals surface area contributed by atoms with Crippen LogP contribution in [-0.2, 0) is 29.2 Å². The van der Waals surface area contributed by atoms with Crippen LogP contribution in [0.5, 0.6) is 11.6 Å². The van der Waals surface area contributed by atoms with Gasteiger partial charge in [-0.25, -0.2) is 19.2 Å². The van der Waals surface area contributed by atoms with E-state index >= 15 is 0 Å². The Morgan fingerprint density at radius 2 is 1.95 bits per heavy atom. The van der Waals surface area contributed by atoms with E-state index in [1.807, 2.05) is 30.3 Å². The number of carbonyl (C=O) groups excluding carboxylic acids is 1. The zero-order chi connectivity index (χ0) is 29.8. The second-order valence-corrected chi connectivity index (χ2v) is 10.8. The van der Waals surface area contributed by atoms with E-state index in [9.17, 15) is 9.18 Å². The molecular formula is C33H33FN4O5. The van der Waals surface area contributed by atoms with E-state index in [-0.39, 0.29) is 30.5 Å². The average molecular weight is 585 g/mol. The summed E-state index contributed by atoms with van der Waals surface area (Å²) in [5.74, 6) is 3.13. The van der Waals surface area contributed by atoms with Crippen molar-refractivity contribution >= 4 is 17.0 Å². The van der Waals surface area contributed by atoms with Crippen LogP contribution in [-0.4, -0.2) is 64.4 Å². The molecule has 0 N–H and O–H groups in total. The number of nitrogens with zero attached hydrogens (tertiary/aromatic N) is 4. The van der Waals surface area contributed by atoms with Crippen LogP contribution in [0.25, 0.3) is 11.0 Å². The van der Waals surface area contributed by atoms with Gasteiger partial charge in [0, 0.05) is 31.3 Å². The van der Waals surface area contributed by atoms with Crippen molar-refractivity contribution < 1.29 is 28.1 Å². The zero-order valence-electron chi connectivity index (χ0n) is 24.0. The van der Waals surface area contributed by atoms with Gasteiger partial charge in [0.1, 0.15) is 18.5 Å². The molecule has 6 rings (SSSR count). The number of hydrogen-bond donors (Lipinski definition) is 0. The van der Waals surface area contributed by atoms with Crippen molar-refractivity contribution in [3.05, 3.63) is 83.1 Å². The molecular weight excluding hydrogens is 551 g/mol. The second-order valence-electron chi connectivity index (χ2n) is 10.8. The molecule has 2 fully saturated rings. The van der Waals surface area contributed by atoms with Crippen LogP contribution in [0.2, 0.25) is 0 Å². The maximum atomic E-state index is 14.2. The minimum atomic E-state index is -0.507. The molecule has 4 heterocycles. The molecule has 2 aliphatic heterocycles. The van der Waals surface area contributed by atoms with E-state index in [0.717, 1.165) is 55.8 Å². The van der Waals surface area contributed by atoms with Gasteiger partial charge in [0.2, 0.25) is 5.88 Å². The average Bonchev–Trinajstić information content (AvgIpc) is 3.34. The fourth-order valence-corrected chi connectivity index (χ4v) is 5.39. The Labute approximate surface area is 249 Å². The standard InChI is InChI=1S/C33H33FN4O5/c1-3-22-7-10-30(27(34)17-22)42-21-24-5-4-6-32(35-24)43-25-11-14-37(15-12-25)20-31-36-28-9-8-23(33(39)40-2)18-29(28)38(31)19-26-13-16-41-26/h1,4-10,17-18,25-26H,11-16,19-21H2,2H3/t26-/m0/s1. The number of terminal acetylenes is 1. The second kappa shape index (κ2) is 12.8. The number of likely N-dealkylation sites (tertiary alicyclic amines) is 1. The van der Waals surface area contributed by atoms with E-state index in [2.05, 4.69) is 20.4 Å². The van der Waals surface area contributed by atoms with Crippen LogP contribution in [0.3, 0.4) is 0 Å². The molecule has 2 aliphatic rings. The van der Waals surface area contributed by atoms with Crippen LogP contribution in [0.4, 0.5) is 4.39 Å². The van der Waals surface area contributed by atoms with E-state index < -0.39 is 5.82 Å². The molecule has 0 amide bonds. The molecule has 0 radical (unpaired) electrons. The van der Waals surface area contributed by atoms with E-state index in [1.54, 1.807) is 12.1 Å². The van der Waals surface area contributed by atoms with Crippen LogP contribution >= 0.6 is 0 Å². The number of piperidine rings is 1. The molecule has 1 atom stereocenters. The highest BCUT2D eigenvalue weighted by atomic mass is 19.1. The number of rotatable bonds is 10. The van der Waals surface area contributed by atoms with Gasteiger partial charge in [-0.05, 0) is 61.7 Å². The lowest BCUT2D eigenvalue weighted by atomic mass is 10.1. The van der Waals surface area contributed by atoms with E-state index in [1.165, 1.54) is 19.2 Å². The number of pyridine rings is 1. The minimum Gasteiger partial charge on any atom is -0.484 e. The number of hydrogen-bond acceptors (Lipinski definition) is 8. The van der Waals surface area contributed by atoms with Crippen molar-refractivity contribution in [3.63, 3.8) is 0 Å². The highest BCUT2D eigenvalue weighted by Gasteiger charge is 2.26. The molecule has 10 heteroatoms. The minimum absolute atomic E-state index is 0.0264. The van der Waals surface area contributed by atoms with Crippen molar-refractivity contribution in [1.29, 1.82) is 0 Å². The SMILES string of the molecule is C#Cc1ccc(OCc2cccc(OC3CCN(Cc4nc5ccc(C(=O)OC)cc5n4C[C@@H]4CCO4)CC3)n2)c(F)c1. The molecule has 43 heavy (non-hydrogen) atoms. The number of benzene rings is 2. The van der Waals surface area contributed by atoms with Crippen LogP contribution in [0.1, 0.15) is 46.7 Å². The Morgan fingerprint density at radius 3 is 2.67 bits per heavy atom. The summed E-state index contributed by atoms with van der Waals surface area (Å²) in [7, 11) is 1.39. The quantitative estimate of drug-likeness (QED) is 0.195. The Morgan fingerprint density at radius 1 is 1.12 bits per heavy atom. The van der Waals surface area contributed by atoms with Crippen molar-refractivity contribution in [2.75, 3.05) is 26.8 Å². The molecule has 0 bridgehead atoms. The summed E-state index contributed by atoms with van der Waals surface area (Å²) in [6.45, 7) is 3.96. The molecule has 9 nitrogen and oxygen atoms in total. The topological polar surface area (TPSA) is 87.9 Å². The first kappa shape index (κ1) is 28.6. The van der Waals surface area contributed by atoms with Gasteiger partial charge in [-0.3, -0.25) is 4.90 Å². The largest absolute Gasteiger partial charge is 0.484 e. The fraction of sp³-hybridized carbons (Fsp3) is 0.364. The molecule has 0 aliphatic carbocycles. The van der Waals surface area contributed by atoms with Gasteiger partial charge in [0.25, 0.3) is 0 Å². The lowest BCUT2D eigenvalue weighted by Gasteiger charge is -2.32. The molecule has 2 aromatic heterocycles. The highest BCUT2D eigenvalue weighted by molar-refractivity contribution is 5.93. The number of carbonyl (C=O) groups is 1. The van der Waals surface area contributed by atoms with Crippen LogP contribution < -0.4 is 9.47 Å². The number of esters is 1. The zero-order valence-corrected chi connectivity index (χ0v) is 24.0. The Balaban J connectivity index is 1.06. The lowest BCUT2D eigenvalue weighted by Crippen LogP contribution is -2.39. The van der Waals surface area contributed by atoms with Crippen molar-refractivity contribution in [2.45, 2.75) is 51.2 Å². The normalized spacial score (nSPS) is 17.3. The molecule has 2 saturated heterocycles. The molecule has 2 aromatic carbocycles. The Kier molecular flexibility index (Phi) is 8.54. The third-order valence-electron chi connectivity index (χ3n) is 7.87. The van der Waals surface area contributed by atoms with Gasteiger partial charge in [0.05, 0.1) is 48.6 Å². The maximum Gasteiger partial charge on any atom is 0.337 e. The summed E-state index contributed by atoms with van der Waals surface area (Å²) >= 11 is 0. The van der Waals surface area contributed by atoms with Crippen molar-refractivity contribution in [2.24, 2.45) is 0 Å². The summed E-state index contributed by atoms with van der Waals surface area (Å²) in [5, 5.41) is 0. The number of halogens is 1. The molecule has 0 unspecified atom stereocenters. The maximum absolute atomic E-state index is 14.2. The summed E-state index contributed by atoms with van der Waals surface area (Å²) in [5.41, 5.74) is 3.36. The van der Waals surface area contributed by atoms with Gasteiger partial charge in [-0.15, -0.1) is 6.42 Å². The number of methoxy groups -OCH3 is 1. The summed E-state index contributed by atoms with van der Waals surface area (Å²) in [6.07, 6.45) is 8.19. The number of imidazole rings is 1. The first-order chi connectivity index (χ1) is 21.0. The van der Waals surface area contributed by atoms with Crippen molar-refractivity contribution in [3.8, 4) is 24.0 Å². The smallest absolute Gasteiger partial charge is 0.337 e. The number of aromatic nitrogens is 3. The molecule has 0 spiro atoms. The summed E-state index contributed by atoms with van der Waals surface area (Å²) in [4.78, 5) is 24.0. The number of ether oxygens (including phenoxy) is 4. The van der Waals surface area contributed by atoms with Gasteiger partial charge < -0.3 is 23.5 Å². The van der Waals surface area contributed by atoms with Crippen molar-refractivity contribution in [1.82, 2.24) is 19.4 Å². The summed E-state index contributed by atoms with van der Waals surface area (Å²) < 4.78 is 38.9. The third kappa shape index (κ3) is 6.63. The van der Waals surface area contributed by atoms with Gasteiger partial charge >= 0.3 is 5.97 Å².